The lowest BCUT2D eigenvalue weighted by atomic mass is 10.1. The third-order valence-electron chi connectivity index (χ3n) is 2.71. The lowest BCUT2D eigenvalue weighted by Gasteiger charge is -2.10. The zero-order chi connectivity index (χ0) is 14.5. The summed E-state index contributed by atoms with van der Waals surface area (Å²) in [7, 11) is 1.58. The molecular formula is C15H11BrFNO2. The number of hydrogen-bond acceptors (Lipinski definition) is 3. The van der Waals surface area contributed by atoms with Crippen molar-refractivity contribution in [1.82, 2.24) is 0 Å². The Balaban J connectivity index is 2.17. The van der Waals surface area contributed by atoms with Gasteiger partial charge in [-0.2, -0.15) is 5.26 Å². The Morgan fingerprint density at radius 2 is 2.05 bits per heavy atom. The second-order valence-corrected chi connectivity index (χ2v) is 4.85. The molecule has 0 N–H and O–H groups in total. The smallest absolute Gasteiger partial charge is 0.134 e. The van der Waals surface area contributed by atoms with Crippen molar-refractivity contribution in [3.8, 4) is 17.6 Å². The first kappa shape index (κ1) is 14.4. The minimum Gasteiger partial charge on any atom is -0.497 e. The van der Waals surface area contributed by atoms with Crippen LogP contribution in [0.3, 0.4) is 0 Å². The molecule has 102 valence electrons. The molecule has 0 aliphatic carbocycles. The molecule has 0 spiro atoms. The topological polar surface area (TPSA) is 42.2 Å². The summed E-state index contributed by atoms with van der Waals surface area (Å²) < 4.78 is 24.6. The lowest BCUT2D eigenvalue weighted by Crippen LogP contribution is -2.00. The monoisotopic (exact) mass is 335 g/mol. The van der Waals surface area contributed by atoms with Crippen LogP contribution < -0.4 is 9.47 Å². The summed E-state index contributed by atoms with van der Waals surface area (Å²) in [5.41, 5.74) is 0.909. The normalized spacial score (nSPS) is 9.90. The average Bonchev–Trinajstić information content (AvgIpc) is 2.46. The van der Waals surface area contributed by atoms with E-state index in [0.29, 0.717) is 22.6 Å². The van der Waals surface area contributed by atoms with Crippen LogP contribution in [-0.4, -0.2) is 7.11 Å². The molecule has 0 radical (unpaired) electrons. The summed E-state index contributed by atoms with van der Waals surface area (Å²) in [5, 5.41) is 8.98. The van der Waals surface area contributed by atoms with E-state index in [1.165, 1.54) is 18.2 Å². The molecule has 0 saturated heterocycles. The minimum absolute atomic E-state index is 0.117. The van der Waals surface area contributed by atoms with Crippen LogP contribution in [0.1, 0.15) is 11.1 Å². The average molecular weight is 336 g/mol. The molecule has 0 saturated carbocycles. The predicted molar refractivity (Wildman–Crippen MR) is 76.1 cm³/mol. The Kier molecular flexibility index (Phi) is 4.59. The summed E-state index contributed by atoms with van der Waals surface area (Å²) in [4.78, 5) is 0. The first-order valence-corrected chi connectivity index (χ1v) is 6.58. The van der Waals surface area contributed by atoms with E-state index in [2.05, 4.69) is 15.9 Å². The van der Waals surface area contributed by atoms with Gasteiger partial charge in [-0.05, 0) is 52.3 Å². The number of methoxy groups -OCH3 is 1. The molecule has 0 amide bonds. The van der Waals surface area contributed by atoms with E-state index in [0.717, 1.165) is 4.47 Å². The standard InChI is InChI=1S/C15H11BrFNO2/c1-19-13-4-5-15(14(16)7-13)20-9-11-6-12(17)3-2-10(11)8-18/h2-7H,9H2,1H3. The third kappa shape index (κ3) is 3.28. The maximum atomic E-state index is 13.2. The van der Waals surface area contributed by atoms with Crippen LogP contribution >= 0.6 is 15.9 Å². The fourth-order valence-electron chi connectivity index (χ4n) is 1.67. The third-order valence-corrected chi connectivity index (χ3v) is 3.33. The molecule has 0 unspecified atom stereocenters. The van der Waals surface area contributed by atoms with Gasteiger partial charge in [0.1, 0.15) is 23.9 Å². The van der Waals surface area contributed by atoms with Crippen LogP contribution in [-0.2, 0) is 6.61 Å². The van der Waals surface area contributed by atoms with Crippen LogP contribution in [0.4, 0.5) is 4.39 Å². The first-order chi connectivity index (χ1) is 9.63. The largest absolute Gasteiger partial charge is 0.497 e. The Morgan fingerprint density at radius 1 is 1.25 bits per heavy atom. The maximum absolute atomic E-state index is 13.2. The SMILES string of the molecule is COc1ccc(OCc2cc(F)ccc2C#N)c(Br)c1. The molecule has 0 atom stereocenters. The van der Waals surface area contributed by atoms with Gasteiger partial charge in [0.25, 0.3) is 0 Å². The van der Waals surface area contributed by atoms with Crippen LogP contribution in [0.5, 0.6) is 11.5 Å². The fourth-order valence-corrected chi connectivity index (χ4v) is 2.14. The van der Waals surface area contributed by atoms with E-state index >= 15 is 0 Å². The molecule has 0 bridgehead atoms. The van der Waals surface area contributed by atoms with Crippen molar-refractivity contribution in [3.63, 3.8) is 0 Å². The van der Waals surface area contributed by atoms with Gasteiger partial charge in [-0.1, -0.05) is 0 Å². The number of rotatable bonds is 4. The van der Waals surface area contributed by atoms with Gasteiger partial charge in [0.2, 0.25) is 0 Å². The van der Waals surface area contributed by atoms with Crippen LogP contribution in [0.2, 0.25) is 0 Å². The van der Waals surface area contributed by atoms with E-state index in [4.69, 9.17) is 14.7 Å². The molecule has 2 aromatic rings. The van der Waals surface area contributed by atoms with Gasteiger partial charge in [0.05, 0.1) is 23.2 Å². The summed E-state index contributed by atoms with van der Waals surface area (Å²) in [6, 6.07) is 11.3. The molecule has 2 rings (SSSR count). The number of nitriles is 1. The fraction of sp³-hybridized carbons (Fsp3) is 0.133. The van der Waals surface area contributed by atoms with Gasteiger partial charge in [0, 0.05) is 5.56 Å². The highest BCUT2D eigenvalue weighted by Crippen LogP contribution is 2.30. The number of benzene rings is 2. The lowest BCUT2D eigenvalue weighted by molar-refractivity contribution is 0.302. The summed E-state index contributed by atoms with van der Waals surface area (Å²) in [5.74, 6) is 0.906. The zero-order valence-corrected chi connectivity index (χ0v) is 12.3. The highest BCUT2D eigenvalue weighted by molar-refractivity contribution is 9.10. The zero-order valence-electron chi connectivity index (χ0n) is 10.7. The first-order valence-electron chi connectivity index (χ1n) is 5.79. The van der Waals surface area contributed by atoms with Gasteiger partial charge in [-0.25, -0.2) is 4.39 Å². The molecule has 0 fully saturated rings. The van der Waals surface area contributed by atoms with E-state index < -0.39 is 5.82 Å². The maximum Gasteiger partial charge on any atom is 0.134 e. The van der Waals surface area contributed by atoms with E-state index in [-0.39, 0.29) is 6.61 Å². The second-order valence-electron chi connectivity index (χ2n) is 4.00. The highest BCUT2D eigenvalue weighted by Gasteiger charge is 2.07. The van der Waals surface area contributed by atoms with Crippen LogP contribution in [0, 0.1) is 17.1 Å². The van der Waals surface area contributed by atoms with E-state index in [1.807, 2.05) is 6.07 Å². The van der Waals surface area contributed by atoms with Crippen molar-refractivity contribution in [3.05, 3.63) is 57.8 Å². The van der Waals surface area contributed by atoms with Gasteiger partial charge >= 0.3 is 0 Å². The van der Waals surface area contributed by atoms with Crippen molar-refractivity contribution in [1.29, 1.82) is 5.26 Å². The highest BCUT2D eigenvalue weighted by atomic mass is 79.9. The number of hydrogen-bond donors (Lipinski definition) is 0. The van der Waals surface area contributed by atoms with Crippen LogP contribution in [0.15, 0.2) is 40.9 Å². The van der Waals surface area contributed by atoms with Crippen molar-refractivity contribution in [2.24, 2.45) is 0 Å². The molecule has 0 aliphatic rings. The Labute approximate surface area is 124 Å². The molecule has 5 heteroatoms. The number of nitrogens with zero attached hydrogens (tertiary/aromatic N) is 1. The van der Waals surface area contributed by atoms with Crippen molar-refractivity contribution in [2.45, 2.75) is 6.61 Å². The molecular weight excluding hydrogens is 325 g/mol. The van der Waals surface area contributed by atoms with Gasteiger partial charge in [-0.15, -0.1) is 0 Å². The quantitative estimate of drug-likeness (QED) is 0.846. The van der Waals surface area contributed by atoms with E-state index in [9.17, 15) is 4.39 Å². The molecule has 3 nitrogen and oxygen atoms in total. The molecule has 0 aromatic heterocycles. The molecule has 2 aromatic carbocycles. The number of ether oxygens (including phenoxy) is 2. The predicted octanol–water partition coefficient (Wildman–Crippen LogP) is 4.05. The van der Waals surface area contributed by atoms with Crippen LogP contribution in [0.25, 0.3) is 0 Å². The minimum atomic E-state index is -0.392. The van der Waals surface area contributed by atoms with Gasteiger partial charge < -0.3 is 9.47 Å². The Hall–Kier alpha value is -2.06. The van der Waals surface area contributed by atoms with Gasteiger partial charge in [-0.3, -0.25) is 0 Å². The molecule has 20 heavy (non-hydrogen) atoms. The Bertz CT molecular complexity index is 667. The van der Waals surface area contributed by atoms with E-state index in [1.54, 1.807) is 25.3 Å². The summed E-state index contributed by atoms with van der Waals surface area (Å²) in [6.45, 7) is 0.117. The molecule has 0 aliphatic heterocycles. The molecule has 0 heterocycles. The van der Waals surface area contributed by atoms with Gasteiger partial charge in [0.15, 0.2) is 0 Å². The summed E-state index contributed by atoms with van der Waals surface area (Å²) in [6.07, 6.45) is 0. The van der Waals surface area contributed by atoms with Crippen molar-refractivity contribution in [2.75, 3.05) is 7.11 Å². The second kappa shape index (κ2) is 6.40. The van der Waals surface area contributed by atoms with Crippen molar-refractivity contribution < 1.29 is 13.9 Å². The number of halogens is 2. The summed E-state index contributed by atoms with van der Waals surface area (Å²) >= 11 is 3.37. The Morgan fingerprint density at radius 3 is 2.70 bits per heavy atom. The van der Waals surface area contributed by atoms with Crippen molar-refractivity contribution >= 4 is 15.9 Å².